The summed E-state index contributed by atoms with van der Waals surface area (Å²) < 4.78 is 5.16. The number of hydrogen-bond donors (Lipinski definition) is 2. The first kappa shape index (κ1) is 17.8. The van der Waals surface area contributed by atoms with Crippen molar-refractivity contribution in [1.29, 1.82) is 0 Å². The van der Waals surface area contributed by atoms with Crippen LogP contribution in [0.1, 0.15) is 64.0 Å². The molecule has 2 aromatic rings. The van der Waals surface area contributed by atoms with Crippen LogP contribution in [0.25, 0.3) is 0 Å². The van der Waals surface area contributed by atoms with Crippen molar-refractivity contribution in [1.82, 2.24) is 10.3 Å². The normalized spacial score (nSPS) is 11.9. The SMILES string of the molecule is CCC(NC(=O)c1[nH]c(C)c(C(C)=O)c1C)c1ccc(OC)cc1. The number of benzene rings is 1. The Morgan fingerprint density at radius 3 is 2.29 bits per heavy atom. The number of methoxy groups -OCH3 is 1. The van der Waals surface area contributed by atoms with Crippen molar-refractivity contribution < 1.29 is 14.3 Å². The van der Waals surface area contributed by atoms with Crippen LogP contribution in [0.5, 0.6) is 5.75 Å². The van der Waals surface area contributed by atoms with E-state index in [1.54, 1.807) is 21.0 Å². The number of rotatable bonds is 6. The van der Waals surface area contributed by atoms with Gasteiger partial charge in [0.1, 0.15) is 11.4 Å². The molecule has 0 aliphatic heterocycles. The first-order valence-electron chi connectivity index (χ1n) is 8.03. The minimum Gasteiger partial charge on any atom is -0.497 e. The molecular weight excluding hydrogens is 304 g/mol. The number of H-pyrrole nitrogens is 1. The van der Waals surface area contributed by atoms with Crippen molar-refractivity contribution in [2.75, 3.05) is 7.11 Å². The summed E-state index contributed by atoms with van der Waals surface area (Å²) >= 11 is 0. The van der Waals surface area contributed by atoms with Crippen molar-refractivity contribution in [3.05, 3.63) is 52.3 Å². The van der Waals surface area contributed by atoms with Crippen LogP contribution in [0.3, 0.4) is 0 Å². The summed E-state index contributed by atoms with van der Waals surface area (Å²) in [5.41, 5.74) is 3.48. The quantitative estimate of drug-likeness (QED) is 0.794. The number of ketones is 1. The van der Waals surface area contributed by atoms with Gasteiger partial charge in [-0.15, -0.1) is 0 Å². The maximum absolute atomic E-state index is 12.6. The molecule has 2 N–H and O–H groups in total. The van der Waals surface area contributed by atoms with Crippen molar-refractivity contribution >= 4 is 11.7 Å². The number of amides is 1. The summed E-state index contributed by atoms with van der Waals surface area (Å²) in [6, 6.07) is 7.54. The zero-order valence-corrected chi connectivity index (χ0v) is 14.8. The summed E-state index contributed by atoms with van der Waals surface area (Å²) in [6.45, 7) is 7.13. The molecule has 1 aromatic heterocycles. The Labute approximate surface area is 142 Å². The number of ether oxygens (including phenoxy) is 1. The van der Waals surface area contributed by atoms with Crippen LogP contribution < -0.4 is 10.1 Å². The van der Waals surface area contributed by atoms with Gasteiger partial charge in [-0.2, -0.15) is 0 Å². The number of aromatic amines is 1. The second-order valence-electron chi connectivity index (χ2n) is 5.89. The van der Waals surface area contributed by atoms with Crippen LogP contribution in [0, 0.1) is 13.8 Å². The largest absolute Gasteiger partial charge is 0.497 e. The lowest BCUT2D eigenvalue weighted by atomic mass is 10.0. The molecule has 5 heteroatoms. The third-order valence-corrected chi connectivity index (χ3v) is 4.25. The van der Waals surface area contributed by atoms with Crippen LogP contribution in [-0.4, -0.2) is 23.8 Å². The number of carbonyl (C=O) groups is 2. The van der Waals surface area contributed by atoms with Gasteiger partial charge in [0.25, 0.3) is 5.91 Å². The van der Waals surface area contributed by atoms with E-state index < -0.39 is 0 Å². The van der Waals surface area contributed by atoms with Crippen LogP contribution in [0.4, 0.5) is 0 Å². The molecule has 1 amide bonds. The van der Waals surface area contributed by atoms with Crippen molar-refractivity contribution in [3.8, 4) is 5.75 Å². The number of nitrogens with one attached hydrogen (secondary N) is 2. The maximum atomic E-state index is 12.6. The smallest absolute Gasteiger partial charge is 0.268 e. The highest BCUT2D eigenvalue weighted by Gasteiger charge is 2.22. The van der Waals surface area contributed by atoms with E-state index in [2.05, 4.69) is 10.3 Å². The average Bonchev–Trinajstić information content (AvgIpc) is 2.87. The predicted molar refractivity (Wildman–Crippen MR) is 93.8 cm³/mol. The monoisotopic (exact) mass is 328 g/mol. The lowest BCUT2D eigenvalue weighted by molar-refractivity contribution is 0.0930. The number of Topliss-reactive ketones (excluding diaryl/α,β-unsaturated/α-hetero) is 1. The van der Waals surface area contributed by atoms with Gasteiger partial charge in [-0.1, -0.05) is 19.1 Å². The summed E-state index contributed by atoms with van der Waals surface area (Å²) in [7, 11) is 1.62. The Morgan fingerprint density at radius 2 is 1.83 bits per heavy atom. The molecule has 24 heavy (non-hydrogen) atoms. The third kappa shape index (κ3) is 3.50. The second-order valence-corrected chi connectivity index (χ2v) is 5.89. The van der Waals surface area contributed by atoms with Crippen LogP contribution in [-0.2, 0) is 0 Å². The average molecular weight is 328 g/mol. The molecule has 1 unspecified atom stereocenters. The topological polar surface area (TPSA) is 71.2 Å². The Kier molecular flexibility index (Phi) is 5.44. The summed E-state index contributed by atoms with van der Waals surface area (Å²) in [5.74, 6) is 0.537. The van der Waals surface area contributed by atoms with E-state index >= 15 is 0 Å². The zero-order valence-electron chi connectivity index (χ0n) is 14.8. The van der Waals surface area contributed by atoms with Gasteiger partial charge in [0.15, 0.2) is 5.78 Å². The van der Waals surface area contributed by atoms with E-state index in [1.807, 2.05) is 31.2 Å². The van der Waals surface area contributed by atoms with Gasteiger partial charge in [-0.3, -0.25) is 9.59 Å². The molecule has 1 atom stereocenters. The molecule has 0 bridgehead atoms. The molecule has 0 aliphatic rings. The van der Waals surface area contributed by atoms with Crippen molar-refractivity contribution in [2.45, 2.75) is 40.2 Å². The number of aromatic nitrogens is 1. The van der Waals surface area contributed by atoms with E-state index in [4.69, 9.17) is 4.74 Å². The fourth-order valence-corrected chi connectivity index (χ4v) is 2.99. The predicted octanol–water partition coefficient (Wildman–Crippen LogP) is 3.72. The lowest BCUT2D eigenvalue weighted by Crippen LogP contribution is -2.29. The Hall–Kier alpha value is -2.56. The Bertz CT molecular complexity index is 745. The van der Waals surface area contributed by atoms with Gasteiger partial charge in [-0.25, -0.2) is 0 Å². The summed E-state index contributed by atoms with van der Waals surface area (Å²) in [4.78, 5) is 27.4. The zero-order chi connectivity index (χ0) is 17.9. The molecule has 0 saturated heterocycles. The summed E-state index contributed by atoms with van der Waals surface area (Å²) in [5, 5.41) is 3.03. The molecule has 1 aromatic carbocycles. The molecule has 128 valence electrons. The maximum Gasteiger partial charge on any atom is 0.268 e. The van der Waals surface area contributed by atoms with E-state index in [1.165, 1.54) is 6.92 Å². The molecule has 0 saturated carbocycles. The number of carbonyl (C=O) groups excluding carboxylic acids is 2. The molecule has 0 fully saturated rings. The van der Waals surface area contributed by atoms with Gasteiger partial charge in [0.05, 0.1) is 13.2 Å². The Morgan fingerprint density at radius 1 is 1.21 bits per heavy atom. The molecule has 0 radical (unpaired) electrons. The highest BCUT2D eigenvalue weighted by atomic mass is 16.5. The van der Waals surface area contributed by atoms with Crippen LogP contribution >= 0.6 is 0 Å². The molecule has 1 heterocycles. The van der Waals surface area contributed by atoms with Crippen LogP contribution in [0.2, 0.25) is 0 Å². The van der Waals surface area contributed by atoms with Crippen LogP contribution in [0.15, 0.2) is 24.3 Å². The highest BCUT2D eigenvalue weighted by molar-refractivity contribution is 6.02. The van der Waals surface area contributed by atoms with Gasteiger partial charge in [0, 0.05) is 11.3 Å². The van der Waals surface area contributed by atoms with Crippen molar-refractivity contribution in [2.24, 2.45) is 0 Å². The first-order valence-corrected chi connectivity index (χ1v) is 8.03. The van der Waals surface area contributed by atoms with E-state index in [9.17, 15) is 9.59 Å². The van der Waals surface area contributed by atoms with E-state index in [0.717, 1.165) is 23.4 Å². The lowest BCUT2D eigenvalue weighted by Gasteiger charge is -2.17. The minimum atomic E-state index is -0.203. The third-order valence-electron chi connectivity index (χ3n) is 4.25. The van der Waals surface area contributed by atoms with Gasteiger partial charge in [-0.05, 0) is 50.5 Å². The molecule has 2 rings (SSSR count). The van der Waals surface area contributed by atoms with Crippen molar-refractivity contribution in [3.63, 3.8) is 0 Å². The fraction of sp³-hybridized carbons (Fsp3) is 0.368. The Balaban J connectivity index is 2.23. The molecule has 5 nitrogen and oxygen atoms in total. The standard InChI is InChI=1S/C19H24N2O3/c1-6-16(14-7-9-15(24-5)10-8-14)21-19(23)18-11(2)17(13(4)22)12(3)20-18/h7-10,16,20H,6H2,1-5H3,(H,21,23). The minimum absolute atomic E-state index is 0.0394. The molecular formula is C19H24N2O3. The second kappa shape index (κ2) is 7.34. The highest BCUT2D eigenvalue weighted by Crippen LogP contribution is 2.22. The van der Waals surface area contributed by atoms with E-state index in [0.29, 0.717) is 16.8 Å². The summed E-state index contributed by atoms with van der Waals surface area (Å²) in [6.07, 6.45) is 0.760. The first-order chi connectivity index (χ1) is 11.4. The molecule has 0 aliphatic carbocycles. The van der Waals surface area contributed by atoms with Gasteiger partial charge in [0.2, 0.25) is 0 Å². The number of aryl methyl sites for hydroxylation is 1. The fourth-order valence-electron chi connectivity index (χ4n) is 2.99. The van der Waals surface area contributed by atoms with Gasteiger partial charge < -0.3 is 15.0 Å². The number of hydrogen-bond acceptors (Lipinski definition) is 3. The van der Waals surface area contributed by atoms with Gasteiger partial charge >= 0.3 is 0 Å². The molecule has 0 spiro atoms. The van der Waals surface area contributed by atoms with E-state index in [-0.39, 0.29) is 17.7 Å².